The Morgan fingerprint density at radius 1 is 1.29 bits per heavy atom. The molecule has 1 N–H and O–H groups in total. The molecule has 0 bridgehead atoms. The van der Waals surface area contributed by atoms with E-state index in [-0.39, 0.29) is 11.3 Å². The maximum Gasteiger partial charge on any atom is 0.295 e. The molecule has 0 radical (unpaired) electrons. The normalized spacial score (nSPS) is 18.7. The summed E-state index contributed by atoms with van der Waals surface area (Å²) in [6.45, 7) is 2.49. The number of hydrogen-bond donors (Lipinski definition) is 1. The molecule has 28 heavy (non-hydrogen) atoms. The van der Waals surface area contributed by atoms with Crippen LogP contribution in [0.4, 0.5) is 0 Å². The lowest BCUT2D eigenvalue weighted by molar-refractivity contribution is -0.140. The maximum atomic E-state index is 12.8. The van der Waals surface area contributed by atoms with Gasteiger partial charge in [0.05, 0.1) is 23.4 Å². The molecule has 1 saturated heterocycles. The van der Waals surface area contributed by atoms with Gasteiger partial charge in [0.2, 0.25) is 0 Å². The van der Waals surface area contributed by atoms with E-state index in [1.807, 2.05) is 0 Å². The highest BCUT2D eigenvalue weighted by molar-refractivity contribution is 9.10. The molecule has 1 unspecified atom stereocenters. The Bertz CT molecular complexity index is 904. The molecule has 148 valence electrons. The van der Waals surface area contributed by atoms with Crippen LogP contribution < -0.4 is 4.74 Å². The van der Waals surface area contributed by atoms with Gasteiger partial charge >= 0.3 is 0 Å². The second-order valence-corrected chi connectivity index (χ2v) is 7.42. The van der Waals surface area contributed by atoms with Gasteiger partial charge in [0.1, 0.15) is 23.3 Å². The standard InChI is InChI=1S/C21H22BrNO5/c1-3-4-5-10-23-18(16-7-6-11-28-16)17(20(25)21(23)26)19(24)13-8-9-15(27-2)14(22)12-13/h6-9,11-12,18,24H,3-5,10H2,1-2H3/b19-17-. The zero-order valence-corrected chi connectivity index (χ0v) is 17.4. The van der Waals surface area contributed by atoms with Crippen LogP contribution in [0, 0.1) is 0 Å². The van der Waals surface area contributed by atoms with E-state index in [2.05, 4.69) is 22.9 Å². The van der Waals surface area contributed by atoms with E-state index in [0.29, 0.717) is 28.1 Å². The van der Waals surface area contributed by atoms with E-state index < -0.39 is 17.7 Å². The van der Waals surface area contributed by atoms with E-state index in [4.69, 9.17) is 9.15 Å². The molecule has 3 rings (SSSR count). The number of likely N-dealkylation sites (tertiary alicyclic amines) is 1. The van der Waals surface area contributed by atoms with Crippen molar-refractivity contribution >= 4 is 33.4 Å². The lowest BCUT2D eigenvalue weighted by Gasteiger charge is -2.23. The number of methoxy groups -OCH3 is 1. The summed E-state index contributed by atoms with van der Waals surface area (Å²) in [4.78, 5) is 27.0. The van der Waals surface area contributed by atoms with Crippen LogP contribution in [-0.4, -0.2) is 35.4 Å². The van der Waals surface area contributed by atoms with Gasteiger partial charge in [-0.2, -0.15) is 0 Å². The van der Waals surface area contributed by atoms with Gasteiger partial charge in [-0.25, -0.2) is 0 Å². The molecular formula is C21H22BrNO5. The fourth-order valence-corrected chi connectivity index (χ4v) is 3.90. The number of furan rings is 1. The number of carbonyl (C=O) groups is 2. The maximum absolute atomic E-state index is 12.8. The number of Topliss-reactive ketones (excluding diaryl/α,β-unsaturated/α-hetero) is 1. The third-order valence-electron chi connectivity index (χ3n) is 4.78. The van der Waals surface area contributed by atoms with E-state index in [9.17, 15) is 14.7 Å². The van der Waals surface area contributed by atoms with E-state index in [0.717, 1.165) is 19.3 Å². The van der Waals surface area contributed by atoms with E-state index >= 15 is 0 Å². The highest BCUT2D eigenvalue weighted by Gasteiger charge is 2.47. The first-order chi connectivity index (χ1) is 13.5. The van der Waals surface area contributed by atoms with Crippen molar-refractivity contribution in [3.63, 3.8) is 0 Å². The molecule has 0 aliphatic carbocycles. The quantitative estimate of drug-likeness (QED) is 0.288. The van der Waals surface area contributed by atoms with Gasteiger partial charge in [0.15, 0.2) is 0 Å². The lowest BCUT2D eigenvalue weighted by atomic mass is 9.99. The van der Waals surface area contributed by atoms with Crippen molar-refractivity contribution in [2.24, 2.45) is 0 Å². The number of hydrogen-bond acceptors (Lipinski definition) is 5. The van der Waals surface area contributed by atoms with Gasteiger partial charge in [0.25, 0.3) is 11.7 Å². The van der Waals surface area contributed by atoms with Crippen LogP contribution in [0.1, 0.15) is 43.6 Å². The molecule has 0 saturated carbocycles. The van der Waals surface area contributed by atoms with Crippen LogP contribution in [0.2, 0.25) is 0 Å². The molecule has 1 atom stereocenters. The number of aliphatic hydroxyl groups excluding tert-OH is 1. The Morgan fingerprint density at radius 3 is 2.68 bits per heavy atom. The number of halogens is 1. The first-order valence-corrected chi connectivity index (χ1v) is 9.94. The summed E-state index contributed by atoms with van der Waals surface area (Å²) < 4.78 is 11.3. The molecule has 2 heterocycles. The second-order valence-electron chi connectivity index (χ2n) is 6.56. The Kier molecular flexibility index (Phi) is 6.24. The molecule has 1 fully saturated rings. The minimum absolute atomic E-state index is 0.0357. The first-order valence-electron chi connectivity index (χ1n) is 9.15. The van der Waals surface area contributed by atoms with Crippen LogP contribution in [0.3, 0.4) is 0 Å². The van der Waals surface area contributed by atoms with Crippen molar-refractivity contribution in [3.8, 4) is 5.75 Å². The number of amides is 1. The molecule has 1 aromatic heterocycles. The van der Waals surface area contributed by atoms with Crippen molar-refractivity contribution in [1.29, 1.82) is 0 Å². The van der Waals surface area contributed by atoms with Crippen molar-refractivity contribution in [2.75, 3.05) is 13.7 Å². The average Bonchev–Trinajstić information content (AvgIpc) is 3.30. The summed E-state index contributed by atoms with van der Waals surface area (Å²) >= 11 is 3.38. The highest BCUT2D eigenvalue weighted by Crippen LogP contribution is 2.40. The number of aliphatic hydroxyl groups is 1. The summed E-state index contributed by atoms with van der Waals surface area (Å²) in [5.74, 6) is -0.515. The fourth-order valence-electron chi connectivity index (χ4n) is 3.35. The minimum Gasteiger partial charge on any atom is -0.507 e. The van der Waals surface area contributed by atoms with E-state index in [1.54, 1.807) is 37.4 Å². The summed E-state index contributed by atoms with van der Waals surface area (Å²) in [7, 11) is 1.54. The van der Waals surface area contributed by atoms with Crippen LogP contribution >= 0.6 is 15.9 Å². The molecule has 0 spiro atoms. The first kappa shape index (κ1) is 20.2. The molecule has 6 nitrogen and oxygen atoms in total. The molecule has 7 heteroatoms. The van der Waals surface area contributed by atoms with Crippen LogP contribution in [0.25, 0.3) is 5.76 Å². The highest BCUT2D eigenvalue weighted by atomic mass is 79.9. The number of nitrogens with zero attached hydrogens (tertiary/aromatic N) is 1. The smallest absolute Gasteiger partial charge is 0.295 e. The Labute approximate surface area is 171 Å². The van der Waals surface area contributed by atoms with Gasteiger partial charge in [0, 0.05) is 12.1 Å². The third-order valence-corrected chi connectivity index (χ3v) is 5.40. The zero-order valence-electron chi connectivity index (χ0n) is 15.8. The topological polar surface area (TPSA) is 80.0 Å². The molecule has 1 aromatic carbocycles. The zero-order chi connectivity index (χ0) is 20.3. The largest absolute Gasteiger partial charge is 0.507 e. The predicted octanol–water partition coefficient (Wildman–Crippen LogP) is 4.66. The third kappa shape index (κ3) is 3.71. The molecule has 1 aliphatic rings. The van der Waals surface area contributed by atoms with Gasteiger partial charge < -0.3 is 19.2 Å². The predicted molar refractivity (Wildman–Crippen MR) is 108 cm³/mol. The van der Waals surface area contributed by atoms with Crippen molar-refractivity contribution in [3.05, 3.63) is 58.0 Å². The number of ether oxygens (including phenoxy) is 1. The van der Waals surface area contributed by atoms with Gasteiger partial charge in [-0.3, -0.25) is 9.59 Å². The van der Waals surface area contributed by atoms with Gasteiger partial charge in [-0.15, -0.1) is 0 Å². The molecule has 1 amide bonds. The van der Waals surface area contributed by atoms with Gasteiger partial charge in [-0.05, 0) is 52.7 Å². The summed E-state index contributed by atoms with van der Waals surface area (Å²) in [5.41, 5.74) is 0.448. The summed E-state index contributed by atoms with van der Waals surface area (Å²) in [6.07, 6.45) is 4.20. The monoisotopic (exact) mass is 447 g/mol. The minimum atomic E-state index is -0.743. The second kappa shape index (κ2) is 8.65. The SMILES string of the molecule is CCCCCN1C(=O)C(=O)/C(=C(\O)c2ccc(OC)c(Br)c2)C1c1ccco1. The number of ketones is 1. The Balaban J connectivity index is 2.08. The van der Waals surface area contributed by atoms with Gasteiger partial charge in [-0.1, -0.05) is 19.8 Å². The van der Waals surface area contributed by atoms with Crippen LogP contribution in [0.5, 0.6) is 5.75 Å². The summed E-state index contributed by atoms with van der Waals surface area (Å²) in [6, 6.07) is 7.64. The number of benzene rings is 1. The molecular weight excluding hydrogens is 426 g/mol. The number of unbranched alkanes of at least 4 members (excludes halogenated alkanes) is 2. The van der Waals surface area contributed by atoms with Crippen LogP contribution in [-0.2, 0) is 9.59 Å². The molecule has 2 aromatic rings. The lowest BCUT2D eigenvalue weighted by Crippen LogP contribution is -2.30. The Hall–Kier alpha value is -2.54. The van der Waals surface area contributed by atoms with Crippen molar-refractivity contribution in [2.45, 2.75) is 32.2 Å². The van der Waals surface area contributed by atoms with E-state index in [1.165, 1.54) is 11.2 Å². The van der Waals surface area contributed by atoms with Crippen molar-refractivity contribution in [1.82, 2.24) is 4.90 Å². The summed E-state index contributed by atoms with van der Waals surface area (Å²) in [5, 5.41) is 10.9. The number of rotatable bonds is 7. The fraction of sp³-hybridized carbons (Fsp3) is 0.333. The Morgan fingerprint density at radius 2 is 2.07 bits per heavy atom. The van der Waals surface area contributed by atoms with Crippen LogP contribution in [0.15, 0.2) is 51.1 Å². The molecule has 1 aliphatic heterocycles. The number of carbonyl (C=O) groups excluding carboxylic acids is 2. The van der Waals surface area contributed by atoms with Crippen molar-refractivity contribution < 1.29 is 23.8 Å². The average molecular weight is 448 g/mol.